The first-order valence-electron chi connectivity index (χ1n) is 8.29. The van der Waals surface area contributed by atoms with Crippen LogP contribution < -0.4 is 20.1 Å². The van der Waals surface area contributed by atoms with E-state index in [2.05, 4.69) is 25.7 Å². The Bertz CT molecular complexity index is 974. The fraction of sp³-hybridized carbons (Fsp3) is 0.222. The molecule has 0 bridgehead atoms. The minimum Gasteiger partial charge on any atom is -0.495 e. The molecule has 0 unspecified atom stereocenters. The highest BCUT2D eigenvalue weighted by atomic mass is 35.5. The zero-order valence-corrected chi connectivity index (χ0v) is 16.3. The number of nitrogens with zero attached hydrogens (tertiary/aromatic N) is 4. The number of hydrogen-bond acceptors (Lipinski definition) is 7. The molecule has 0 saturated heterocycles. The number of hydrogen-bond donors (Lipinski definition) is 2. The number of aromatic nitrogens is 4. The number of nitrogens with one attached hydrogen (secondary N) is 2. The lowest BCUT2D eigenvalue weighted by atomic mass is 10.1. The summed E-state index contributed by atoms with van der Waals surface area (Å²) in [6.45, 7) is 0.124. The molecule has 3 aromatic rings. The average molecular weight is 403 g/mol. The first kappa shape index (κ1) is 19.4. The van der Waals surface area contributed by atoms with Gasteiger partial charge < -0.3 is 20.1 Å². The number of rotatable bonds is 7. The van der Waals surface area contributed by atoms with Crippen LogP contribution in [0.4, 0.5) is 11.6 Å². The Kier molecular flexibility index (Phi) is 5.95. The lowest BCUT2D eigenvalue weighted by molar-refractivity contribution is 0.0962. The normalized spacial score (nSPS) is 10.4. The molecule has 3 rings (SSSR count). The van der Waals surface area contributed by atoms with Crippen molar-refractivity contribution in [2.24, 2.45) is 7.05 Å². The van der Waals surface area contributed by atoms with Crippen LogP contribution in [-0.4, -0.2) is 39.8 Å². The molecule has 0 saturated carbocycles. The maximum Gasteiger partial charge on any atom is 0.251 e. The van der Waals surface area contributed by atoms with Crippen molar-refractivity contribution in [2.75, 3.05) is 19.5 Å². The third kappa shape index (κ3) is 4.49. The van der Waals surface area contributed by atoms with Crippen LogP contribution in [0.15, 0.2) is 36.9 Å². The minimum atomic E-state index is -0.245. The summed E-state index contributed by atoms with van der Waals surface area (Å²) in [6, 6.07) is 3.23. The molecule has 28 heavy (non-hydrogen) atoms. The molecule has 0 fully saturated rings. The van der Waals surface area contributed by atoms with Crippen molar-refractivity contribution in [3.8, 4) is 11.5 Å². The van der Waals surface area contributed by atoms with Crippen LogP contribution in [0.3, 0.4) is 0 Å². The molecule has 2 N–H and O–H groups in total. The fourth-order valence-electron chi connectivity index (χ4n) is 2.42. The van der Waals surface area contributed by atoms with E-state index in [1.807, 2.05) is 13.2 Å². The van der Waals surface area contributed by atoms with Crippen LogP contribution in [-0.2, 0) is 13.7 Å². The molecule has 9 nitrogen and oxygen atoms in total. The molecule has 1 amide bonds. The van der Waals surface area contributed by atoms with Gasteiger partial charge in [0.15, 0.2) is 5.75 Å². The Morgan fingerprint density at radius 1 is 1.25 bits per heavy atom. The number of ether oxygens (including phenoxy) is 2. The highest BCUT2D eigenvalue weighted by Gasteiger charge is 2.14. The van der Waals surface area contributed by atoms with Crippen LogP contribution in [0.25, 0.3) is 0 Å². The molecule has 0 aliphatic carbocycles. The van der Waals surface area contributed by atoms with Gasteiger partial charge in [-0.3, -0.25) is 9.48 Å². The van der Waals surface area contributed by atoms with E-state index in [4.69, 9.17) is 21.1 Å². The Morgan fingerprint density at radius 2 is 2.00 bits per heavy atom. The zero-order valence-electron chi connectivity index (χ0n) is 15.6. The number of aryl methyl sites for hydroxylation is 1. The minimum absolute atomic E-state index is 0.124. The summed E-state index contributed by atoms with van der Waals surface area (Å²) in [4.78, 5) is 20.3. The van der Waals surface area contributed by atoms with Crippen LogP contribution in [0.5, 0.6) is 11.5 Å². The van der Waals surface area contributed by atoms with E-state index in [9.17, 15) is 4.79 Å². The van der Waals surface area contributed by atoms with E-state index < -0.39 is 0 Å². The number of methoxy groups -OCH3 is 1. The van der Waals surface area contributed by atoms with Crippen molar-refractivity contribution >= 4 is 29.1 Å². The number of benzene rings is 1. The van der Waals surface area contributed by atoms with E-state index in [1.54, 1.807) is 42.5 Å². The van der Waals surface area contributed by atoms with Gasteiger partial charge in [0.25, 0.3) is 5.91 Å². The number of carbonyl (C=O) groups is 1. The van der Waals surface area contributed by atoms with E-state index in [0.717, 1.165) is 5.69 Å². The average Bonchev–Trinajstić information content (AvgIpc) is 3.12. The lowest BCUT2D eigenvalue weighted by Crippen LogP contribution is -2.18. The summed E-state index contributed by atoms with van der Waals surface area (Å²) >= 11 is 6.33. The molecule has 2 heterocycles. The second-order valence-corrected chi connectivity index (χ2v) is 6.17. The third-order valence-electron chi connectivity index (χ3n) is 3.81. The quantitative estimate of drug-likeness (QED) is 0.625. The molecule has 146 valence electrons. The molecule has 1 aromatic carbocycles. The summed E-state index contributed by atoms with van der Waals surface area (Å²) in [5.41, 5.74) is 1.81. The van der Waals surface area contributed by atoms with E-state index in [-0.39, 0.29) is 12.5 Å². The van der Waals surface area contributed by atoms with Crippen molar-refractivity contribution in [3.05, 3.63) is 53.1 Å². The highest BCUT2D eigenvalue weighted by molar-refractivity contribution is 6.33. The topological polar surface area (TPSA) is 103 Å². The molecular weight excluding hydrogens is 384 g/mol. The van der Waals surface area contributed by atoms with Gasteiger partial charge in [0, 0.05) is 31.4 Å². The van der Waals surface area contributed by atoms with Gasteiger partial charge in [-0.1, -0.05) is 11.6 Å². The van der Waals surface area contributed by atoms with Gasteiger partial charge >= 0.3 is 0 Å². The van der Waals surface area contributed by atoms with Crippen LogP contribution in [0, 0.1) is 0 Å². The summed E-state index contributed by atoms with van der Waals surface area (Å²) < 4.78 is 12.6. The van der Waals surface area contributed by atoms with Crippen LogP contribution >= 0.6 is 11.6 Å². The number of halogens is 1. The van der Waals surface area contributed by atoms with E-state index in [0.29, 0.717) is 33.6 Å². The van der Waals surface area contributed by atoms with E-state index in [1.165, 1.54) is 7.11 Å². The molecular formula is C18H19ClN6O3. The first-order valence-corrected chi connectivity index (χ1v) is 8.67. The monoisotopic (exact) mass is 402 g/mol. The third-order valence-corrected chi connectivity index (χ3v) is 4.24. The van der Waals surface area contributed by atoms with Gasteiger partial charge in [-0.15, -0.1) is 0 Å². The van der Waals surface area contributed by atoms with Crippen molar-refractivity contribution in [2.45, 2.75) is 6.61 Å². The molecule has 0 spiro atoms. The molecule has 0 aliphatic heterocycles. The molecule has 10 heteroatoms. The summed E-state index contributed by atoms with van der Waals surface area (Å²) in [5.74, 6) is 1.03. The Morgan fingerprint density at radius 3 is 2.61 bits per heavy atom. The van der Waals surface area contributed by atoms with E-state index >= 15 is 0 Å². The van der Waals surface area contributed by atoms with Gasteiger partial charge in [0.2, 0.25) is 5.95 Å². The lowest BCUT2D eigenvalue weighted by Gasteiger charge is -2.12. The van der Waals surface area contributed by atoms with Crippen molar-refractivity contribution in [1.29, 1.82) is 0 Å². The molecule has 0 atom stereocenters. The van der Waals surface area contributed by atoms with Gasteiger partial charge in [0.1, 0.15) is 12.4 Å². The smallest absolute Gasteiger partial charge is 0.251 e. The predicted octanol–water partition coefficient (Wildman–Crippen LogP) is 2.55. The maximum atomic E-state index is 11.9. The second-order valence-electron chi connectivity index (χ2n) is 5.79. The number of anilines is 2. The Hall–Kier alpha value is -3.33. The maximum absolute atomic E-state index is 11.9. The van der Waals surface area contributed by atoms with Crippen molar-refractivity contribution < 1.29 is 14.3 Å². The SMILES string of the molecule is CNC(=O)c1cc(COc2cnc(Nc3cnn(C)c3)nc2)c(Cl)c(OC)c1. The van der Waals surface area contributed by atoms with Gasteiger partial charge in [-0.05, 0) is 12.1 Å². The summed E-state index contributed by atoms with van der Waals surface area (Å²) in [7, 11) is 4.86. The number of amides is 1. The van der Waals surface area contributed by atoms with Crippen LogP contribution in [0.2, 0.25) is 5.02 Å². The highest BCUT2D eigenvalue weighted by Crippen LogP contribution is 2.30. The predicted molar refractivity (Wildman–Crippen MR) is 104 cm³/mol. The first-order chi connectivity index (χ1) is 13.5. The summed E-state index contributed by atoms with van der Waals surface area (Å²) in [6.07, 6.45) is 6.56. The van der Waals surface area contributed by atoms with Gasteiger partial charge in [0.05, 0.1) is 36.4 Å². The standard InChI is InChI=1S/C18H19ClN6O3/c1-20-17(26)11-4-12(16(19)15(5-11)27-3)10-28-14-7-21-18(22-8-14)24-13-6-23-25(2)9-13/h4-9H,10H2,1-3H3,(H,20,26)(H,21,22,24). The Balaban J connectivity index is 1.70. The fourth-order valence-corrected chi connectivity index (χ4v) is 2.66. The Labute approximate surface area is 166 Å². The number of carbonyl (C=O) groups excluding carboxylic acids is 1. The van der Waals surface area contributed by atoms with Gasteiger partial charge in [-0.25, -0.2) is 9.97 Å². The zero-order chi connectivity index (χ0) is 20.1. The van der Waals surface area contributed by atoms with Crippen LogP contribution in [0.1, 0.15) is 15.9 Å². The molecule has 2 aromatic heterocycles. The molecule has 0 aliphatic rings. The summed E-state index contributed by atoms with van der Waals surface area (Å²) in [5, 5.41) is 10.0. The van der Waals surface area contributed by atoms with Crippen molar-refractivity contribution in [1.82, 2.24) is 25.1 Å². The van der Waals surface area contributed by atoms with Gasteiger partial charge in [-0.2, -0.15) is 5.10 Å². The van der Waals surface area contributed by atoms with Crippen molar-refractivity contribution in [3.63, 3.8) is 0 Å². The molecule has 0 radical (unpaired) electrons. The second kappa shape index (κ2) is 8.57. The largest absolute Gasteiger partial charge is 0.495 e.